The minimum atomic E-state index is -3.78. The van der Waals surface area contributed by atoms with E-state index >= 15 is 0 Å². The number of hydrogen-bond acceptors (Lipinski definition) is 4. The summed E-state index contributed by atoms with van der Waals surface area (Å²) in [6, 6.07) is 3.79. The van der Waals surface area contributed by atoms with Gasteiger partial charge in [0.25, 0.3) is 10.0 Å². The van der Waals surface area contributed by atoms with Crippen molar-refractivity contribution >= 4 is 15.7 Å². The van der Waals surface area contributed by atoms with Crippen molar-refractivity contribution < 1.29 is 17.9 Å². The number of hydrogen-bond donors (Lipinski definition) is 2. The number of sulfonamides is 1. The predicted molar refractivity (Wildman–Crippen MR) is 71.3 cm³/mol. The van der Waals surface area contributed by atoms with Crippen LogP contribution in [0.15, 0.2) is 35.5 Å². The topological polar surface area (TPSA) is 84.2 Å². The number of benzene rings is 1. The lowest BCUT2D eigenvalue weighted by molar-refractivity contribution is 0.269. The van der Waals surface area contributed by atoms with Crippen molar-refractivity contribution in [3.8, 4) is 0 Å². The molecule has 0 amide bonds. The van der Waals surface area contributed by atoms with Crippen molar-refractivity contribution in [3.05, 3.63) is 42.0 Å². The summed E-state index contributed by atoms with van der Waals surface area (Å²) >= 11 is 0. The van der Waals surface area contributed by atoms with Gasteiger partial charge in [0.15, 0.2) is 0 Å². The summed E-state index contributed by atoms with van der Waals surface area (Å²) in [6.45, 7) is 1.69. The molecule has 0 aliphatic rings. The van der Waals surface area contributed by atoms with Gasteiger partial charge in [0.05, 0.1) is 25.0 Å². The second-order valence-corrected chi connectivity index (χ2v) is 5.91. The first-order valence-electron chi connectivity index (χ1n) is 5.84. The van der Waals surface area contributed by atoms with E-state index in [-0.39, 0.29) is 18.0 Å². The third-order valence-electron chi connectivity index (χ3n) is 2.68. The van der Waals surface area contributed by atoms with Crippen LogP contribution in [0, 0.1) is 12.7 Å². The van der Waals surface area contributed by atoms with Crippen LogP contribution < -0.4 is 4.72 Å². The average molecular weight is 299 g/mol. The second-order valence-electron chi connectivity index (χ2n) is 4.23. The van der Waals surface area contributed by atoms with Crippen LogP contribution in [0.5, 0.6) is 0 Å². The van der Waals surface area contributed by atoms with Gasteiger partial charge in [-0.1, -0.05) is 0 Å². The van der Waals surface area contributed by atoms with Crippen molar-refractivity contribution in [2.75, 3.05) is 11.3 Å². The van der Waals surface area contributed by atoms with Crippen molar-refractivity contribution in [3.63, 3.8) is 0 Å². The molecule has 20 heavy (non-hydrogen) atoms. The molecule has 1 aromatic carbocycles. The largest absolute Gasteiger partial charge is 0.394 e. The van der Waals surface area contributed by atoms with Crippen LogP contribution in [-0.4, -0.2) is 29.9 Å². The molecule has 2 rings (SSSR count). The summed E-state index contributed by atoms with van der Waals surface area (Å²) in [4.78, 5) is -0.0188. The van der Waals surface area contributed by atoms with E-state index in [1.54, 1.807) is 6.92 Å². The SMILES string of the molecule is Cc1cc(F)ccc1NS(=O)(=O)c1cnn(CCO)c1. The number of nitrogens with zero attached hydrogens (tertiary/aromatic N) is 2. The first kappa shape index (κ1) is 14.5. The van der Waals surface area contributed by atoms with Gasteiger partial charge in [-0.05, 0) is 30.7 Å². The van der Waals surface area contributed by atoms with Gasteiger partial charge >= 0.3 is 0 Å². The van der Waals surface area contributed by atoms with Gasteiger partial charge in [-0.2, -0.15) is 5.10 Å². The van der Waals surface area contributed by atoms with E-state index in [4.69, 9.17) is 5.11 Å². The Hall–Kier alpha value is -1.93. The first-order chi connectivity index (χ1) is 9.42. The van der Waals surface area contributed by atoms with E-state index < -0.39 is 15.8 Å². The molecule has 6 nitrogen and oxygen atoms in total. The number of anilines is 1. The average Bonchev–Trinajstić information content (AvgIpc) is 2.83. The Morgan fingerprint density at radius 3 is 2.85 bits per heavy atom. The molecule has 0 aliphatic carbocycles. The van der Waals surface area contributed by atoms with Crippen LogP contribution in [0.2, 0.25) is 0 Å². The predicted octanol–water partition coefficient (Wildman–Crippen LogP) is 1.12. The minimum absolute atomic E-state index is 0.0188. The summed E-state index contributed by atoms with van der Waals surface area (Å²) in [5.74, 6) is -0.429. The molecule has 0 bridgehead atoms. The number of aliphatic hydroxyl groups excluding tert-OH is 1. The maximum Gasteiger partial charge on any atom is 0.265 e. The Labute approximate surface area is 115 Å². The molecule has 8 heteroatoms. The standard InChI is InChI=1S/C12H14FN3O3S/c1-9-6-10(13)2-3-12(9)15-20(18,19)11-7-14-16(8-11)4-5-17/h2-3,6-8,15,17H,4-5H2,1H3. The van der Waals surface area contributed by atoms with Gasteiger partial charge < -0.3 is 5.11 Å². The molecule has 0 spiro atoms. The molecule has 2 aromatic rings. The van der Waals surface area contributed by atoms with Gasteiger partial charge in [-0.25, -0.2) is 12.8 Å². The monoisotopic (exact) mass is 299 g/mol. The van der Waals surface area contributed by atoms with Gasteiger partial charge in [0, 0.05) is 6.20 Å². The van der Waals surface area contributed by atoms with E-state index in [1.807, 2.05) is 0 Å². The fourth-order valence-electron chi connectivity index (χ4n) is 1.65. The van der Waals surface area contributed by atoms with Gasteiger partial charge in [0.2, 0.25) is 0 Å². The zero-order chi connectivity index (χ0) is 14.8. The molecule has 0 atom stereocenters. The van der Waals surface area contributed by atoms with Crippen LogP contribution in [0.1, 0.15) is 5.56 Å². The lowest BCUT2D eigenvalue weighted by Gasteiger charge is -2.09. The molecular weight excluding hydrogens is 285 g/mol. The minimum Gasteiger partial charge on any atom is -0.394 e. The molecule has 0 radical (unpaired) electrons. The maximum atomic E-state index is 13.0. The molecule has 2 N–H and O–H groups in total. The summed E-state index contributed by atoms with van der Waals surface area (Å²) in [7, 11) is -3.78. The second kappa shape index (κ2) is 5.59. The molecule has 0 unspecified atom stereocenters. The normalized spacial score (nSPS) is 11.6. The highest BCUT2D eigenvalue weighted by atomic mass is 32.2. The molecule has 0 saturated heterocycles. The highest BCUT2D eigenvalue weighted by Crippen LogP contribution is 2.20. The first-order valence-corrected chi connectivity index (χ1v) is 7.33. The summed E-state index contributed by atoms with van der Waals surface area (Å²) < 4.78 is 40.9. The fraction of sp³-hybridized carbons (Fsp3) is 0.250. The molecule has 0 saturated carbocycles. The molecule has 108 valence electrons. The van der Waals surface area contributed by atoms with E-state index in [2.05, 4.69) is 9.82 Å². The van der Waals surface area contributed by atoms with Gasteiger partial charge in [-0.15, -0.1) is 0 Å². The Morgan fingerprint density at radius 2 is 2.20 bits per heavy atom. The molecule has 0 aliphatic heterocycles. The number of nitrogens with one attached hydrogen (secondary N) is 1. The Bertz CT molecular complexity index is 712. The van der Waals surface area contributed by atoms with Crippen molar-refractivity contribution in [2.24, 2.45) is 0 Å². The highest BCUT2D eigenvalue weighted by molar-refractivity contribution is 7.92. The van der Waals surface area contributed by atoms with E-state index in [0.29, 0.717) is 11.3 Å². The fourth-order valence-corrected chi connectivity index (χ4v) is 2.74. The van der Waals surface area contributed by atoms with Crippen LogP contribution in [0.3, 0.4) is 0 Å². The molecular formula is C12H14FN3O3S. The smallest absolute Gasteiger partial charge is 0.265 e. The van der Waals surface area contributed by atoms with E-state index in [0.717, 1.165) is 0 Å². The maximum absolute atomic E-state index is 13.0. The zero-order valence-corrected chi connectivity index (χ0v) is 11.6. The van der Waals surface area contributed by atoms with Crippen molar-refractivity contribution in [1.29, 1.82) is 0 Å². The Balaban J connectivity index is 2.26. The Kier molecular flexibility index (Phi) is 4.05. The molecule has 1 aromatic heterocycles. The molecule has 1 heterocycles. The quantitative estimate of drug-likeness (QED) is 0.866. The van der Waals surface area contributed by atoms with Gasteiger partial charge in [0.1, 0.15) is 10.7 Å². The summed E-state index contributed by atoms with van der Waals surface area (Å²) in [5.41, 5.74) is 0.789. The zero-order valence-electron chi connectivity index (χ0n) is 10.7. The Morgan fingerprint density at radius 1 is 1.45 bits per heavy atom. The lowest BCUT2D eigenvalue weighted by atomic mass is 10.2. The summed E-state index contributed by atoms with van der Waals surface area (Å²) in [5, 5.41) is 12.6. The van der Waals surface area contributed by atoms with Crippen LogP contribution in [0.25, 0.3) is 0 Å². The van der Waals surface area contributed by atoms with Crippen molar-refractivity contribution in [2.45, 2.75) is 18.4 Å². The third-order valence-corrected chi connectivity index (χ3v) is 4.00. The van der Waals surface area contributed by atoms with Crippen LogP contribution in [-0.2, 0) is 16.6 Å². The molecule has 0 fully saturated rings. The number of aromatic nitrogens is 2. The van der Waals surface area contributed by atoms with Gasteiger partial charge in [-0.3, -0.25) is 9.40 Å². The van der Waals surface area contributed by atoms with E-state index in [9.17, 15) is 12.8 Å². The van der Waals surface area contributed by atoms with Crippen LogP contribution in [0.4, 0.5) is 10.1 Å². The number of aryl methyl sites for hydroxylation is 1. The summed E-state index contributed by atoms with van der Waals surface area (Å²) in [6.07, 6.45) is 2.51. The van der Waals surface area contributed by atoms with Crippen LogP contribution >= 0.6 is 0 Å². The number of rotatable bonds is 5. The van der Waals surface area contributed by atoms with E-state index in [1.165, 1.54) is 35.3 Å². The number of aliphatic hydroxyl groups is 1. The lowest BCUT2D eigenvalue weighted by Crippen LogP contribution is -2.13. The van der Waals surface area contributed by atoms with Crippen molar-refractivity contribution in [1.82, 2.24) is 9.78 Å². The number of halogens is 1. The third kappa shape index (κ3) is 3.14. The highest BCUT2D eigenvalue weighted by Gasteiger charge is 2.17.